The van der Waals surface area contributed by atoms with E-state index in [-0.39, 0.29) is 5.82 Å². The molecule has 0 spiro atoms. The van der Waals surface area contributed by atoms with Crippen LogP contribution in [-0.4, -0.2) is 23.3 Å². The lowest BCUT2D eigenvalue weighted by Crippen LogP contribution is -2.41. The molecule has 3 rings (SSSR count). The average molecular weight is 299 g/mol. The van der Waals surface area contributed by atoms with Crippen molar-refractivity contribution in [1.29, 1.82) is 0 Å². The highest BCUT2D eigenvalue weighted by atomic mass is 19.1. The number of nitrogens with zero attached hydrogens (tertiary/aromatic N) is 1. The van der Waals surface area contributed by atoms with Crippen LogP contribution in [0.25, 0.3) is 11.3 Å². The summed E-state index contributed by atoms with van der Waals surface area (Å²) in [6.07, 6.45) is 1.65. The minimum atomic E-state index is -0.562. The molecular formula is C17H19BFNO2. The van der Waals surface area contributed by atoms with Crippen LogP contribution in [0.2, 0.25) is 0 Å². The van der Waals surface area contributed by atoms with Crippen LogP contribution in [0.4, 0.5) is 4.39 Å². The van der Waals surface area contributed by atoms with Crippen molar-refractivity contribution in [2.45, 2.75) is 38.9 Å². The molecule has 2 aromatic rings. The first-order valence-corrected chi connectivity index (χ1v) is 7.37. The van der Waals surface area contributed by atoms with Gasteiger partial charge in [0, 0.05) is 17.2 Å². The summed E-state index contributed by atoms with van der Waals surface area (Å²) in [5.41, 5.74) is 0.859. The van der Waals surface area contributed by atoms with Crippen LogP contribution in [0.1, 0.15) is 27.7 Å². The molecule has 1 saturated heterocycles. The topological polar surface area (TPSA) is 31.4 Å². The van der Waals surface area contributed by atoms with Crippen molar-refractivity contribution in [3.8, 4) is 11.3 Å². The highest BCUT2D eigenvalue weighted by molar-refractivity contribution is 6.63. The Morgan fingerprint density at radius 1 is 0.955 bits per heavy atom. The lowest BCUT2D eigenvalue weighted by Gasteiger charge is -2.32. The van der Waals surface area contributed by atoms with E-state index in [9.17, 15) is 4.39 Å². The van der Waals surface area contributed by atoms with E-state index in [1.54, 1.807) is 24.4 Å². The van der Waals surface area contributed by atoms with Gasteiger partial charge in [-0.15, -0.1) is 0 Å². The normalized spacial score (nSPS) is 19.4. The molecule has 114 valence electrons. The van der Waals surface area contributed by atoms with Crippen LogP contribution >= 0.6 is 0 Å². The molecule has 0 bridgehead atoms. The van der Waals surface area contributed by atoms with Gasteiger partial charge in [-0.2, -0.15) is 0 Å². The molecular weight excluding hydrogens is 280 g/mol. The molecule has 0 unspecified atom stereocenters. The number of hydrogen-bond donors (Lipinski definition) is 0. The fourth-order valence-electron chi connectivity index (χ4n) is 2.46. The molecule has 1 aliphatic heterocycles. The van der Waals surface area contributed by atoms with Crippen molar-refractivity contribution in [2.75, 3.05) is 0 Å². The summed E-state index contributed by atoms with van der Waals surface area (Å²) < 4.78 is 26.3. The Labute approximate surface area is 130 Å². The molecule has 0 radical (unpaired) electrons. The van der Waals surface area contributed by atoms with Crippen LogP contribution in [0, 0.1) is 5.82 Å². The molecule has 1 aromatic carbocycles. The standard InChI is InChI=1S/C17H19BFNO2/c1-16(2)17(3,4)22-18(21-16)13-9-7-11-20-15(13)12-8-5-6-10-14(12)19/h5-11H,1-4H3. The second kappa shape index (κ2) is 5.18. The number of rotatable bonds is 2. The lowest BCUT2D eigenvalue weighted by molar-refractivity contribution is 0.00578. The van der Waals surface area contributed by atoms with E-state index in [1.165, 1.54) is 6.07 Å². The van der Waals surface area contributed by atoms with Crippen LogP contribution in [0.15, 0.2) is 42.6 Å². The Hall–Kier alpha value is -1.72. The molecule has 1 aliphatic rings. The molecule has 2 heterocycles. The smallest absolute Gasteiger partial charge is 0.399 e. The number of hydrogen-bond acceptors (Lipinski definition) is 3. The number of aromatic nitrogens is 1. The molecule has 5 heteroatoms. The van der Waals surface area contributed by atoms with Crippen molar-refractivity contribution in [2.24, 2.45) is 0 Å². The quantitative estimate of drug-likeness (QED) is 0.798. The predicted octanol–water partition coefficient (Wildman–Crippen LogP) is 3.19. The van der Waals surface area contributed by atoms with Gasteiger partial charge in [0.05, 0.1) is 16.9 Å². The minimum absolute atomic E-state index is 0.307. The van der Waals surface area contributed by atoms with E-state index in [2.05, 4.69) is 4.98 Å². The molecule has 1 fully saturated rings. The van der Waals surface area contributed by atoms with Crippen molar-refractivity contribution in [1.82, 2.24) is 4.98 Å². The number of benzene rings is 1. The third-order valence-electron chi connectivity index (χ3n) is 4.48. The predicted molar refractivity (Wildman–Crippen MR) is 85.3 cm³/mol. The number of pyridine rings is 1. The first-order valence-electron chi connectivity index (χ1n) is 7.37. The summed E-state index contributed by atoms with van der Waals surface area (Å²) in [4.78, 5) is 4.35. The second-order valence-electron chi connectivity index (χ2n) is 6.51. The molecule has 3 nitrogen and oxygen atoms in total. The highest BCUT2D eigenvalue weighted by Crippen LogP contribution is 2.37. The van der Waals surface area contributed by atoms with Gasteiger partial charge < -0.3 is 9.31 Å². The second-order valence-corrected chi connectivity index (χ2v) is 6.51. The molecule has 0 atom stereocenters. The third-order valence-corrected chi connectivity index (χ3v) is 4.48. The Morgan fingerprint density at radius 3 is 2.23 bits per heavy atom. The molecule has 22 heavy (non-hydrogen) atoms. The Morgan fingerprint density at radius 2 is 1.59 bits per heavy atom. The summed E-state index contributed by atoms with van der Waals surface area (Å²) in [6, 6.07) is 10.3. The van der Waals surface area contributed by atoms with Crippen molar-refractivity contribution >= 4 is 12.6 Å². The zero-order valence-electron chi connectivity index (χ0n) is 13.3. The van der Waals surface area contributed by atoms with Gasteiger partial charge >= 0.3 is 7.12 Å². The third kappa shape index (κ3) is 2.44. The monoisotopic (exact) mass is 299 g/mol. The molecule has 1 aromatic heterocycles. The SMILES string of the molecule is CC1(C)OB(c2cccnc2-c2ccccc2F)OC1(C)C. The van der Waals surface area contributed by atoms with Crippen molar-refractivity contribution in [3.05, 3.63) is 48.4 Å². The first kappa shape index (κ1) is 15.2. The van der Waals surface area contributed by atoms with Crippen molar-refractivity contribution in [3.63, 3.8) is 0 Å². The summed E-state index contributed by atoms with van der Waals surface area (Å²) >= 11 is 0. The molecule has 0 N–H and O–H groups in total. The van der Waals surface area contributed by atoms with Gasteiger partial charge in [-0.25, -0.2) is 4.39 Å². The first-order chi connectivity index (χ1) is 10.3. The summed E-state index contributed by atoms with van der Waals surface area (Å²) in [7, 11) is -0.562. The minimum Gasteiger partial charge on any atom is -0.399 e. The number of halogens is 1. The van der Waals surface area contributed by atoms with Gasteiger partial charge in [0.25, 0.3) is 0 Å². The Bertz CT molecular complexity index is 687. The summed E-state index contributed by atoms with van der Waals surface area (Å²) in [5, 5.41) is 0. The molecule has 0 amide bonds. The van der Waals surface area contributed by atoms with E-state index < -0.39 is 18.3 Å². The molecule has 0 saturated carbocycles. The highest BCUT2D eigenvalue weighted by Gasteiger charge is 2.52. The Balaban J connectivity index is 2.06. The van der Waals surface area contributed by atoms with Gasteiger partial charge in [-0.3, -0.25) is 4.98 Å². The van der Waals surface area contributed by atoms with E-state index >= 15 is 0 Å². The fourth-order valence-corrected chi connectivity index (χ4v) is 2.46. The van der Waals surface area contributed by atoms with E-state index in [0.717, 1.165) is 5.46 Å². The maximum atomic E-state index is 14.1. The zero-order chi connectivity index (χ0) is 16.0. The van der Waals surface area contributed by atoms with Crippen LogP contribution in [0.3, 0.4) is 0 Å². The van der Waals surface area contributed by atoms with E-state index in [0.29, 0.717) is 11.3 Å². The summed E-state index contributed by atoms with van der Waals surface area (Å²) in [6.45, 7) is 7.97. The van der Waals surface area contributed by atoms with Crippen LogP contribution in [-0.2, 0) is 9.31 Å². The average Bonchev–Trinajstić information content (AvgIpc) is 2.68. The molecule has 0 aliphatic carbocycles. The maximum absolute atomic E-state index is 14.1. The van der Waals surface area contributed by atoms with Gasteiger partial charge in [-0.1, -0.05) is 18.2 Å². The van der Waals surface area contributed by atoms with Crippen molar-refractivity contribution < 1.29 is 13.7 Å². The summed E-state index contributed by atoms with van der Waals surface area (Å²) in [5.74, 6) is -0.307. The Kier molecular flexibility index (Phi) is 3.58. The van der Waals surface area contributed by atoms with Gasteiger partial charge in [0.2, 0.25) is 0 Å². The van der Waals surface area contributed by atoms with Gasteiger partial charge in [0.15, 0.2) is 0 Å². The zero-order valence-corrected chi connectivity index (χ0v) is 13.3. The van der Waals surface area contributed by atoms with E-state index in [1.807, 2.05) is 39.8 Å². The van der Waals surface area contributed by atoms with Crippen LogP contribution in [0.5, 0.6) is 0 Å². The van der Waals surface area contributed by atoms with E-state index in [4.69, 9.17) is 9.31 Å². The lowest BCUT2D eigenvalue weighted by atomic mass is 9.76. The van der Waals surface area contributed by atoms with Gasteiger partial charge in [0.1, 0.15) is 5.82 Å². The fraction of sp³-hybridized carbons (Fsp3) is 0.353. The maximum Gasteiger partial charge on any atom is 0.497 e. The van der Waals surface area contributed by atoms with Crippen LogP contribution < -0.4 is 5.46 Å². The van der Waals surface area contributed by atoms with Gasteiger partial charge in [-0.05, 0) is 45.9 Å². The largest absolute Gasteiger partial charge is 0.497 e.